The van der Waals surface area contributed by atoms with Crippen molar-refractivity contribution >= 4 is 27.8 Å². The lowest BCUT2D eigenvalue weighted by molar-refractivity contribution is -0.144. The van der Waals surface area contributed by atoms with E-state index in [9.17, 15) is 14.7 Å². The number of rotatable bonds is 3. The summed E-state index contributed by atoms with van der Waals surface area (Å²) >= 11 is 3.23. The van der Waals surface area contributed by atoms with Crippen molar-refractivity contribution in [2.45, 2.75) is 31.2 Å². The smallest absolute Gasteiger partial charge is 0.329 e. The largest absolute Gasteiger partial charge is 0.480 e. The number of aliphatic carboxylic acids is 1. The van der Waals surface area contributed by atoms with Crippen LogP contribution in [0.3, 0.4) is 0 Å². The number of aromatic nitrogens is 1. The molecule has 0 saturated heterocycles. The Balaban J connectivity index is 2.21. The van der Waals surface area contributed by atoms with Crippen LogP contribution in [0.1, 0.15) is 36.2 Å². The molecule has 1 aliphatic rings. The first-order chi connectivity index (χ1) is 8.55. The minimum Gasteiger partial charge on any atom is -0.480 e. The molecule has 0 unspecified atom stereocenters. The summed E-state index contributed by atoms with van der Waals surface area (Å²) in [5.41, 5.74) is -0.918. The van der Waals surface area contributed by atoms with Crippen LogP contribution in [0.5, 0.6) is 0 Å². The van der Waals surface area contributed by atoms with E-state index in [1.54, 1.807) is 12.1 Å². The first kappa shape index (κ1) is 13.0. The number of carbonyl (C=O) groups is 2. The number of hydrogen-bond acceptors (Lipinski definition) is 3. The van der Waals surface area contributed by atoms with Gasteiger partial charge in [0, 0.05) is 10.7 Å². The lowest BCUT2D eigenvalue weighted by Gasteiger charge is -2.25. The summed E-state index contributed by atoms with van der Waals surface area (Å²) in [6, 6.07) is 3.40. The number of halogens is 1. The van der Waals surface area contributed by atoms with E-state index in [-0.39, 0.29) is 5.69 Å². The number of nitrogens with one attached hydrogen (secondary N) is 1. The predicted octanol–water partition coefficient (Wildman–Crippen LogP) is 1.97. The Bertz CT molecular complexity index is 484. The molecular weight excluding hydrogens is 300 g/mol. The van der Waals surface area contributed by atoms with Crippen molar-refractivity contribution in [1.29, 1.82) is 0 Å². The van der Waals surface area contributed by atoms with Gasteiger partial charge in [-0.25, -0.2) is 9.78 Å². The summed E-state index contributed by atoms with van der Waals surface area (Å²) in [6.45, 7) is 0. The Morgan fingerprint density at radius 1 is 1.39 bits per heavy atom. The Kier molecular flexibility index (Phi) is 3.65. The number of amides is 1. The van der Waals surface area contributed by atoms with Gasteiger partial charge < -0.3 is 10.4 Å². The first-order valence-corrected chi connectivity index (χ1v) is 6.51. The van der Waals surface area contributed by atoms with Crippen LogP contribution in [-0.2, 0) is 4.79 Å². The van der Waals surface area contributed by atoms with E-state index in [1.165, 1.54) is 6.20 Å². The summed E-state index contributed by atoms with van der Waals surface area (Å²) in [6.07, 6.45) is 4.07. The lowest BCUT2D eigenvalue weighted by atomic mass is 9.97. The fraction of sp³-hybridized carbons (Fsp3) is 0.417. The van der Waals surface area contributed by atoms with Gasteiger partial charge in [0.15, 0.2) is 0 Å². The number of nitrogens with zero attached hydrogens (tertiary/aromatic N) is 1. The van der Waals surface area contributed by atoms with E-state index in [1.807, 2.05) is 0 Å². The van der Waals surface area contributed by atoms with Crippen molar-refractivity contribution in [3.63, 3.8) is 0 Å². The van der Waals surface area contributed by atoms with Gasteiger partial charge in [0.25, 0.3) is 5.91 Å². The molecular formula is C12H13BrN2O3. The summed E-state index contributed by atoms with van der Waals surface area (Å²) in [5.74, 6) is -1.42. The van der Waals surface area contributed by atoms with E-state index in [4.69, 9.17) is 0 Å². The van der Waals surface area contributed by atoms with Gasteiger partial charge in [-0.05, 0) is 40.9 Å². The molecule has 0 atom stereocenters. The molecule has 0 radical (unpaired) electrons. The van der Waals surface area contributed by atoms with E-state index < -0.39 is 17.4 Å². The maximum absolute atomic E-state index is 12.1. The van der Waals surface area contributed by atoms with Gasteiger partial charge >= 0.3 is 5.97 Å². The summed E-state index contributed by atoms with van der Waals surface area (Å²) in [5, 5.41) is 11.9. The molecule has 1 aromatic rings. The minimum atomic E-state index is -1.13. The van der Waals surface area contributed by atoms with Crippen molar-refractivity contribution in [2.24, 2.45) is 0 Å². The van der Waals surface area contributed by atoms with Gasteiger partial charge in [0.05, 0.1) is 0 Å². The molecule has 1 aromatic heterocycles. The number of carboxylic acid groups (broad SMARTS) is 1. The zero-order valence-electron chi connectivity index (χ0n) is 9.65. The van der Waals surface area contributed by atoms with E-state index in [0.717, 1.165) is 12.8 Å². The van der Waals surface area contributed by atoms with E-state index in [2.05, 4.69) is 26.2 Å². The standard InChI is InChI=1S/C12H13BrN2O3/c13-8-4-3-7-14-9(8)10(16)15-12(11(17)18)5-1-2-6-12/h3-4,7H,1-2,5-6H2,(H,15,16)(H,17,18). The highest BCUT2D eigenvalue weighted by Crippen LogP contribution is 2.30. The molecule has 0 spiro atoms. The maximum atomic E-state index is 12.1. The van der Waals surface area contributed by atoms with Crippen molar-refractivity contribution in [3.8, 4) is 0 Å². The SMILES string of the molecule is O=C(NC1(C(=O)O)CCCC1)c1ncccc1Br. The van der Waals surface area contributed by atoms with Gasteiger partial charge in [-0.1, -0.05) is 12.8 Å². The van der Waals surface area contributed by atoms with Gasteiger partial charge in [0.2, 0.25) is 0 Å². The highest BCUT2D eigenvalue weighted by atomic mass is 79.9. The molecule has 6 heteroatoms. The summed E-state index contributed by atoms with van der Waals surface area (Å²) in [7, 11) is 0. The molecule has 5 nitrogen and oxygen atoms in total. The third-order valence-corrected chi connectivity index (χ3v) is 3.83. The number of hydrogen-bond donors (Lipinski definition) is 2. The van der Waals surface area contributed by atoms with Gasteiger partial charge in [0.1, 0.15) is 11.2 Å². The van der Waals surface area contributed by atoms with Crippen LogP contribution in [0.15, 0.2) is 22.8 Å². The number of pyridine rings is 1. The Morgan fingerprint density at radius 2 is 2.06 bits per heavy atom. The molecule has 0 aromatic carbocycles. The summed E-state index contributed by atoms with van der Waals surface area (Å²) in [4.78, 5) is 27.4. The topological polar surface area (TPSA) is 79.3 Å². The van der Waals surface area contributed by atoms with Crippen molar-refractivity contribution < 1.29 is 14.7 Å². The zero-order chi connectivity index (χ0) is 13.2. The van der Waals surface area contributed by atoms with Crippen LogP contribution >= 0.6 is 15.9 Å². The first-order valence-electron chi connectivity index (χ1n) is 5.72. The molecule has 18 heavy (non-hydrogen) atoms. The van der Waals surface area contributed by atoms with Crippen molar-refractivity contribution in [2.75, 3.05) is 0 Å². The molecule has 0 aliphatic heterocycles. The normalized spacial score (nSPS) is 17.4. The second-order valence-corrected chi connectivity index (χ2v) is 5.24. The average Bonchev–Trinajstić information content (AvgIpc) is 2.79. The third-order valence-electron chi connectivity index (χ3n) is 3.19. The maximum Gasteiger partial charge on any atom is 0.329 e. The zero-order valence-corrected chi connectivity index (χ0v) is 11.2. The monoisotopic (exact) mass is 312 g/mol. The molecule has 2 rings (SSSR count). The van der Waals surface area contributed by atoms with E-state index >= 15 is 0 Å². The van der Waals surface area contributed by atoms with Crippen LogP contribution in [0.4, 0.5) is 0 Å². The van der Waals surface area contributed by atoms with Gasteiger partial charge in [-0.3, -0.25) is 4.79 Å². The molecule has 2 N–H and O–H groups in total. The van der Waals surface area contributed by atoms with Crippen molar-refractivity contribution in [1.82, 2.24) is 10.3 Å². The molecule has 1 heterocycles. The summed E-state index contributed by atoms with van der Waals surface area (Å²) < 4.78 is 0.557. The van der Waals surface area contributed by atoms with Crippen LogP contribution < -0.4 is 5.32 Å². The van der Waals surface area contributed by atoms with E-state index in [0.29, 0.717) is 17.3 Å². The molecule has 1 fully saturated rings. The Labute approximate surface area is 113 Å². The highest BCUT2D eigenvalue weighted by Gasteiger charge is 2.43. The van der Waals surface area contributed by atoms with Crippen molar-refractivity contribution in [3.05, 3.63) is 28.5 Å². The Hall–Kier alpha value is -1.43. The molecule has 0 bridgehead atoms. The molecule has 1 saturated carbocycles. The number of carbonyl (C=O) groups excluding carboxylic acids is 1. The van der Waals surface area contributed by atoms with Crippen LogP contribution in [0, 0.1) is 0 Å². The lowest BCUT2D eigenvalue weighted by Crippen LogP contribution is -2.52. The predicted molar refractivity (Wildman–Crippen MR) is 68.2 cm³/mol. The minimum absolute atomic E-state index is 0.213. The third kappa shape index (κ3) is 2.38. The van der Waals surface area contributed by atoms with Crippen LogP contribution in [-0.4, -0.2) is 27.5 Å². The number of carboxylic acids is 1. The quantitative estimate of drug-likeness (QED) is 0.894. The highest BCUT2D eigenvalue weighted by molar-refractivity contribution is 9.10. The second kappa shape index (κ2) is 5.06. The average molecular weight is 313 g/mol. The Morgan fingerprint density at radius 3 is 2.61 bits per heavy atom. The van der Waals surface area contributed by atoms with Crippen LogP contribution in [0.2, 0.25) is 0 Å². The molecule has 1 aliphatic carbocycles. The van der Waals surface area contributed by atoms with Crippen LogP contribution in [0.25, 0.3) is 0 Å². The van der Waals surface area contributed by atoms with Gasteiger partial charge in [-0.15, -0.1) is 0 Å². The molecule has 1 amide bonds. The second-order valence-electron chi connectivity index (χ2n) is 4.38. The fourth-order valence-corrected chi connectivity index (χ4v) is 2.64. The van der Waals surface area contributed by atoms with Gasteiger partial charge in [-0.2, -0.15) is 0 Å². The fourth-order valence-electron chi connectivity index (χ4n) is 2.20. The molecule has 96 valence electrons.